The fourth-order valence-corrected chi connectivity index (χ4v) is 5.58. The van der Waals surface area contributed by atoms with Gasteiger partial charge in [-0.25, -0.2) is 22.3 Å². The Morgan fingerprint density at radius 1 is 1.11 bits per heavy atom. The minimum Gasteiger partial charge on any atom is -0.368 e. The van der Waals surface area contributed by atoms with E-state index >= 15 is 0 Å². The van der Waals surface area contributed by atoms with Crippen molar-refractivity contribution in [2.24, 2.45) is 0 Å². The van der Waals surface area contributed by atoms with Gasteiger partial charge in [-0.05, 0) is 35.4 Å². The largest absolute Gasteiger partial charge is 0.417 e. The number of nitrogens with two attached hydrogens (primary N) is 1. The lowest BCUT2D eigenvalue weighted by Gasteiger charge is -2.30. The maximum Gasteiger partial charge on any atom is 0.417 e. The van der Waals surface area contributed by atoms with Gasteiger partial charge in [-0.2, -0.15) is 22.5 Å². The number of rotatable bonds is 5. The molecule has 35 heavy (non-hydrogen) atoms. The highest BCUT2D eigenvalue weighted by atomic mass is 32.2. The third-order valence-electron chi connectivity index (χ3n) is 5.44. The third-order valence-corrected chi connectivity index (χ3v) is 7.74. The number of halogens is 5. The van der Waals surface area contributed by atoms with E-state index in [-0.39, 0.29) is 51.9 Å². The number of alkyl halides is 5. The quantitative estimate of drug-likeness (QED) is 0.346. The average Bonchev–Trinajstić information content (AvgIpc) is 3.17. The molecule has 0 bridgehead atoms. The first kappa shape index (κ1) is 25.1. The van der Waals surface area contributed by atoms with Crippen molar-refractivity contribution in [1.29, 1.82) is 0 Å². The summed E-state index contributed by atoms with van der Waals surface area (Å²) in [7, 11) is -0.842. The number of hydrogen-bond donors (Lipinski definition) is 3. The van der Waals surface area contributed by atoms with E-state index in [9.17, 15) is 30.4 Å². The van der Waals surface area contributed by atoms with Crippen molar-refractivity contribution in [1.82, 2.24) is 19.5 Å². The lowest BCUT2D eigenvalue weighted by Crippen LogP contribution is -2.42. The van der Waals surface area contributed by atoms with Crippen molar-refractivity contribution >= 4 is 43.0 Å². The molecule has 8 nitrogen and oxygen atoms in total. The van der Waals surface area contributed by atoms with Gasteiger partial charge in [0.2, 0.25) is 21.9 Å². The number of aromatic nitrogens is 3. The van der Waals surface area contributed by atoms with E-state index in [0.717, 1.165) is 22.5 Å². The van der Waals surface area contributed by atoms with Crippen LogP contribution in [0.15, 0.2) is 41.3 Å². The van der Waals surface area contributed by atoms with E-state index in [1.807, 2.05) is 0 Å². The van der Waals surface area contributed by atoms with Crippen molar-refractivity contribution in [3.05, 3.63) is 42.0 Å². The highest BCUT2D eigenvalue weighted by molar-refractivity contribution is 7.89. The zero-order chi connectivity index (χ0) is 25.6. The van der Waals surface area contributed by atoms with E-state index < -0.39 is 40.5 Å². The molecule has 4 rings (SSSR count). The van der Waals surface area contributed by atoms with Crippen LogP contribution in [0.25, 0.3) is 11.1 Å². The molecule has 0 unspecified atom stereocenters. The summed E-state index contributed by atoms with van der Waals surface area (Å²) >= 11 is 0. The summed E-state index contributed by atoms with van der Waals surface area (Å²) in [5.41, 5.74) is 4.35. The molecule has 1 fully saturated rings. The number of nitrogens with one attached hydrogen (secondary N) is 2. The van der Waals surface area contributed by atoms with Gasteiger partial charge in [-0.3, -0.25) is 0 Å². The normalized spacial score (nSPS) is 16.9. The van der Waals surface area contributed by atoms with Gasteiger partial charge in [-0.1, -0.05) is 17.3 Å². The van der Waals surface area contributed by atoms with Gasteiger partial charge in [0.15, 0.2) is 0 Å². The smallest absolute Gasteiger partial charge is 0.368 e. The van der Waals surface area contributed by atoms with E-state index in [2.05, 4.69) is 30.7 Å². The van der Waals surface area contributed by atoms with Crippen LogP contribution in [0, 0.1) is 0 Å². The van der Waals surface area contributed by atoms with Crippen LogP contribution in [-0.2, 0) is 16.2 Å². The first-order chi connectivity index (χ1) is 16.3. The first-order valence-corrected chi connectivity index (χ1v) is 12.1. The summed E-state index contributed by atoms with van der Waals surface area (Å²) in [6.07, 6.45) is -5.93. The minimum absolute atomic E-state index is 0.0212. The monoisotopic (exact) mass is 529 g/mol. The molecule has 1 saturated heterocycles. The van der Waals surface area contributed by atoms with Crippen molar-refractivity contribution in [3.63, 3.8) is 0 Å². The van der Waals surface area contributed by atoms with E-state index in [1.165, 1.54) is 18.2 Å². The molecule has 0 atom stereocenters. The number of benzene rings is 2. The van der Waals surface area contributed by atoms with Gasteiger partial charge in [-0.15, -0.1) is 5.10 Å². The zero-order valence-electron chi connectivity index (χ0n) is 17.8. The molecule has 2 heterocycles. The number of sulfonamides is 1. The van der Waals surface area contributed by atoms with E-state index in [0.29, 0.717) is 0 Å². The van der Waals surface area contributed by atoms with Crippen LogP contribution in [0.1, 0.15) is 18.4 Å². The predicted molar refractivity (Wildman–Crippen MR) is 119 cm³/mol. The molecule has 1 aliphatic rings. The van der Waals surface area contributed by atoms with Crippen molar-refractivity contribution in [2.75, 3.05) is 24.1 Å². The Hall–Kier alpha value is -3.04. The molecule has 0 amide bonds. The summed E-state index contributed by atoms with van der Waals surface area (Å²) in [6.45, 7) is -0.683. The Balaban J connectivity index is 1.66. The Labute approximate surface area is 200 Å². The van der Waals surface area contributed by atoms with Crippen molar-refractivity contribution in [2.45, 2.75) is 29.8 Å². The van der Waals surface area contributed by atoms with Gasteiger partial charge in [0.1, 0.15) is 0 Å². The van der Waals surface area contributed by atoms with Gasteiger partial charge in [0, 0.05) is 31.6 Å². The zero-order valence-corrected chi connectivity index (χ0v) is 19.6. The molecule has 15 heteroatoms. The van der Waals surface area contributed by atoms with Gasteiger partial charge < -0.3 is 11.1 Å². The Bertz CT molecular complexity index is 1340. The molecule has 0 aliphatic carbocycles. The number of aromatic amines is 1. The summed E-state index contributed by atoms with van der Waals surface area (Å²) < 4.78 is 95.2. The lowest BCUT2D eigenvalue weighted by molar-refractivity contribution is -0.137. The maximum absolute atomic E-state index is 13.9. The van der Waals surface area contributed by atoms with Crippen LogP contribution in [0.3, 0.4) is 0 Å². The fourth-order valence-electron chi connectivity index (χ4n) is 3.70. The molecular weight excluding hydrogens is 511 g/mol. The Kier molecular flexibility index (Phi) is 6.35. The second-order valence-corrected chi connectivity index (χ2v) is 10.4. The molecule has 185 valence electrons. The topological polar surface area (TPSA) is 117 Å². The molecule has 3 radical (unpaired) electrons. The number of hydrogen-bond acceptors (Lipinski definition) is 6. The molecule has 0 saturated carbocycles. The lowest BCUT2D eigenvalue weighted by atomic mass is 9.98. The van der Waals surface area contributed by atoms with Gasteiger partial charge in [0.25, 0.3) is 5.92 Å². The summed E-state index contributed by atoms with van der Waals surface area (Å²) in [5.74, 6) is -2.97. The predicted octanol–water partition coefficient (Wildman–Crippen LogP) is 3.03. The highest BCUT2D eigenvalue weighted by Crippen LogP contribution is 2.38. The second kappa shape index (κ2) is 8.87. The molecule has 1 aromatic heterocycles. The third kappa shape index (κ3) is 5.30. The number of piperidine rings is 1. The minimum atomic E-state index is -4.75. The van der Waals surface area contributed by atoms with Gasteiger partial charge >= 0.3 is 6.18 Å². The van der Waals surface area contributed by atoms with Gasteiger partial charge in [0.05, 0.1) is 20.7 Å². The second-order valence-electron chi connectivity index (χ2n) is 7.90. The number of anilines is 3. The van der Waals surface area contributed by atoms with Crippen LogP contribution in [0.5, 0.6) is 0 Å². The Morgan fingerprint density at radius 2 is 1.74 bits per heavy atom. The fraction of sp³-hybridized carbons (Fsp3) is 0.300. The molecule has 2 aromatic carbocycles. The van der Waals surface area contributed by atoms with Crippen LogP contribution >= 0.6 is 0 Å². The summed E-state index contributed by atoms with van der Waals surface area (Å²) in [4.78, 5) is 3.59. The van der Waals surface area contributed by atoms with E-state index in [1.54, 1.807) is 0 Å². The number of nitrogen functional groups attached to an aromatic ring is 1. The number of nitrogens with zero attached hydrogens (tertiary/aromatic N) is 3. The standard InChI is InChI=1S/C20H18F5N6O2SSi/c21-19(22)5-7-31(8-6-19)34(32,33)13-3-1-11(2-4-13)16-14(20(23,24)25)9-12(10-15(16)35)27-18-28-17(26)29-30-18/h1-4,9-10H,5-8H2,(H4,26,27,28,29,30). The van der Waals surface area contributed by atoms with Crippen LogP contribution in [0.2, 0.25) is 0 Å². The average molecular weight is 530 g/mol. The Morgan fingerprint density at radius 3 is 2.29 bits per heavy atom. The number of H-pyrrole nitrogens is 1. The molecule has 3 aromatic rings. The molecular formula is C20H18F5N6O2SSi. The summed E-state index contributed by atoms with van der Waals surface area (Å²) in [6, 6.07) is 7.04. The SMILES string of the molecule is Nc1nc(Nc2cc([Si])c(-c3ccc(S(=O)(=O)N4CCC(F)(F)CC4)cc3)c(C(F)(F)F)c2)n[nH]1. The van der Waals surface area contributed by atoms with Crippen LogP contribution in [-0.4, -0.2) is 57.2 Å². The van der Waals surface area contributed by atoms with Crippen molar-refractivity contribution < 1.29 is 30.4 Å². The van der Waals surface area contributed by atoms with Crippen LogP contribution in [0.4, 0.5) is 39.5 Å². The highest BCUT2D eigenvalue weighted by Gasteiger charge is 2.39. The van der Waals surface area contributed by atoms with Crippen molar-refractivity contribution in [3.8, 4) is 11.1 Å². The molecule has 4 N–H and O–H groups in total. The molecule has 1 aliphatic heterocycles. The maximum atomic E-state index is 13.9. The summed E-state index contributed by atoms with van der Waals surface area (Å²) in [5, 5.41) is 8.78. The van der Waals surface area contributed by atoms with E-state index in [4.69, 9.17) is 5.73 Å². The first-order valence-electron chi connectivity index (χ1n) is 10.2. The van der Waals surface area contributed by atoms with Crippen LogP contribution < -0.4 is 16.2 Å². The molecule has 0 spiro atoms.